The van der Waals surface area contributed by atoms with Crippen LogP contribution < -0.4 is 0 Å². The molecule has 0 heterocycles. The number of ether oxygens (including phenoxy) is 3. The van der Waals surface area contributed by atoms with Crippen molar-refractivity contribution in [1.29, 1.82) is 0 Å². The van der Waals surface area contributed by atoms with Crippen molar-refractivity contribution in [2.24, 2.45) is 0 Å². The molecule has 0 rings (SSSR count). The first kappa shape index (κ1) is 52.6. The number of carbonyl (C=O) groups is 3. The Morgan fingerprint density at radius 1 is 0.393 bits per heavy atom. The molecular formula is C50H82O6. The van der Waals surface area contributed by atoms with Crippen molar-refractivity contribution in [2.75, 3.05) is 13.2 Å². The summed E-state index contributed by atoms with van der Waals surface area (Å²) in [6, 6.07) is 0. The Bertz CT molecular complexity index is 1120. The van der Waals surface area contributed by atoms with E-state index in [2.05, 4.69) is 69.4 Å². The van der Waals surface area contributed by atoms with Gasteiger partial charge in [0, 0.05) is 19.3 Å². The maximum absolute atomic E-state index is 12.7. The third kappa shape index (κ3) is 41.7. The molecule has 0 radical (unpaired) electrons. The second-order valence-corrected chi connectivity index (χ2v) is 14.7. The number of hydrogen-bond donors (Lipinski definition) is 0. The number of unbranched alkanes of at least 4 members (excludes halogenated alkanes) is 18. The molecule has 0 aromatic heterocycles. The molecule has 0 spiro atoms. The lowest BCUT2D eigenvalue weighted by Gasteiger charge is -2.18. The summed E-state index contributed by atoms with van der Waals surface area (Å²) >= 11 is 0. The first-order chi connectivity index (χ1) is 27.5. The van der Waals surface area contributed by atoms with Gasteiger partial charge in [0.05, 0.1) is 0 Å². The fourth-order valence-corrected chi connectivity index (χ4v) is 5.86. The van der Waals surface area contributed by atoms with Crippen LogP contribution in [0.2, 0.25) is 0 Å². The van der Waals surface area contributed by atoms with Crippen molar-refractivity contribution < 1.29 is 28.6 Å². The van der Waals surface area contributed by atoms with E-state index in [1.165, 1.54) is 57.8 Å². The zero-order valence-corrected chi connectivity index (χ0v) is 36.1. The second kappa shape index (κ2) is 44.3. The van der Waals surface area contributed by atoms with E-state index in [1.54, 1.807) is 0 Å². The van der Waals surface area contributed by atoms with E-state index in [4.69, 9.17) is 14.2 Å². The van der Waals surface area contributed by atoms with Gasteiger partial charge < -0.3 is 14.2 Å². The maximum atomic E-state index is 12.7. The summed E-state index contributed by atoms with van der Waals surface area (Å²) in [4.78, 5) is 37.7. The van der Waals surface area contributed by atoms with Crippen LogP contribution >= 0.6 is 0 Å². The Morgan fingerprint density at radius 3 is 1.34 bits per heavy atom. The molecule has 0 bridgehead atoms. The van der Waals surface area contributed by atoms with Gasteiger partial charge in [-0.2, -0.15) is 0 Å². The first-order valence-electron chi connectivity index (χ1n) is 22.7. The van der Waals surface area contributed by atoms with E-state index < -0.39 is 6.10 Å². The summed E-state index contributed by atoms with van der Waals surface area (Å²) in [6.45, 7) is 6.34. The average molecular weight is 779 g/mol. The molecular weight excluding hydrogens is 697 g/mol. The zero-order chi connectivity index (χ0) is 40.8. The van der Waals surface area contributed by atoms with Gasteiger partial charge in [-0.25, -0.2) is 0 Å². The summed E-state index contributed by atoms with van der Waals surface area (Å²) < 4.78 is 16.6. The van der Waals surface area contributed by atoms with Crippen LogP contribution in [0.4, 0.5) is 0 Å². The normalized spacial score (nSPS) is 12.8. The third-order valence-electron chi connectivity index (χ3n) is 9.24. The van der Waals surface area contributed by atoms with Gasteiger partial charge in [-0.15, -0.1) is 0 Å². The van der Waals surface area contributed by atoms with Gasteiger partial charge in [0.15, 0.2) is 6.10 Å². The standard InChI is InChI=1S/C50H82O6/c1-4-7-10-13-16-19-21-22-23-24-25-26-27-29-31-34-37-40-43-49(52)55-46-47(45-54-48(51)42-39-36-33-30-18-15-12-9-6-3)56-50(53)44-41-38-35-32-28-20-17-14-11-8-5-2/h9-10,12-13,16,18-19,21-26,30,47H,4-8,11,14-15,17,20,27-29,31-46H2,1-3H3/b12-9-,13-10-,19-16-,22-21-,24-23-,26-25-,30-18-. The smallest absolute Gasteiger partial charge is 0.306 e. The molecule has 0 amide bonds. The molecule has 6 heteroatoms. The fraction of sp³-hybridized carbons (Fsp3) is 0.660. The van der Waals surface area contributed by atoms with Gasteiger partial charge in [0.2, 0.25) is 0 Å². The van der Waals surface area contributed by atoms with E-state index in [-0.39, 0.29) is 31.1 Å². The van der Waals surface area contributed by atoms with Crippen molar-refractivity contribution >= 4 is 17.9 Å². The van der Waals surface area contributed by atoms with Crippen molar-refractivity contribution in [3.8, 4) is 0 Å². The van der Waals surface area contributed by atoms with E-state index in [0.29, 0.717) is 19.3 Å². The summed E-state index contributed by atoms with van der Waals surface area (Å²) in [5, 5.41) is 0. The van der Waals surface area contributed by atoms with Crippen LogP contribution in [-0.2, 0) is 28.6 Å². The highest BCUT2D eigenvalue weighted by atomic mass is 16.6. The highest BCUT2D eigenvalue weighted by Crippen LogP contribution is 2.14. The molecule has 0 N–H and O–H groups in total. The van der Waals surface area contributed by atoms with E-state index in [1.807, 2.05) is 36.5 Å². The lowest BCUT2D eigenvalue weighted by atomic mass is 10.1. The number of carbonyl (C=O) groups excluding carboxylic acids is 3. The molecule has 0 aromatic carbocycles. The van der Waals surface area contributed by atoms with Crippen molar-refractivity contribution in [3.05, 3.63) is 85.1 Å². The van der Waals surface area contributed by atoms with Crippen LogP contribution in [0.25, 0.3) is 0 Å². The van der Waals surface area contributed by atoms with Crippen molar-refractivity contribution in [1.82, 2.24) is 0 Å². The highest BCUT2D eigenvalue weighted by Gasteiger charge is 2.19. The largest absolute Gasteiger partial charge is 0.462 e. The Kier molecular flexibility index (Phi) is 41.6. The SMILES string of the molecule is CC/C=C\C/C=C\CCCCC(=O)OCC(COC(=O)CCCCCCC\C=C/C=C\C=C/C=C\C=C/CCC)OC(=O)CCCCCCCCCCCCC. The number of esters is 3. The van der Waals surface area contributed by atoms with Crippen molar-refractivity contribution in [3.63, 3.8) is 0 Å². The fourth-order valence-electron chi connectivity index (χ4n) is 5.86. The second-order valence-electron chi connectivity index (χ2n) is 14.7. The lowest BCUT2D eigenvalue weighted by Crippen LogP contribution is -2.30. The Morgan fingerprint density at radius 2 is 0.804 bits per heavy atom. The van der Waals surface area contributed by atoms with Gasteiger partial charge in [-0.05, 0) is 64.2 Å². The Balaban J connectivity index is 4.42. The quantitative estimate of drug-likeness (QED) is 0.0203. The minimum Gasteiger partial charge on any atom is -0.462 e. The molecule has 0 aliphatic heterocycles. The topological polar surface area (TPSA) is 78.9 Å². The van der Waals surface area contributed by atoms with Gasteiger partial charge in [0.25, 0.3) is 0 Å². The van der Waals surface area contributed by atoms with Gasteiger partial charge in [0.1, 0.15) is 13.2 Å². The predicted octanol–water partition coefficient (Wildman–Crippen LogP) is 14.5. The number of hydrogen-bond acceptors (Lipinski definition) is 6. The van der Waals surface area contributed by atoms with Crippen LogP contribution in [0.5, 0.6) is 0 Å². The Hall–Kier alpha value is -3.41. The molecule has 0 saturated heterocycles. The highest BCUT2D eigenvalue weighted by molar-refractivity contribution is 5.71. The average Bonchev–Trinajstić information content (AvgIpc) is 3.19. The minimum absolute atomic E-state index is 0.100. The van der Waals surface area contributed by atoms with Gasteiger partial charge in [-0.3, -0.25) is 14.4 Å². The van der Waals surface area contributed by atoms with Crippen LogP contribution in [0, 0.1) is 0 Å². The molecule has 0 fully saturated rings. The number of rotatable bonds is 39. The molecule has 6 nitrogen and oxygen atoms in total. The summed E-state index contributed by atoms with van der Waals surface area (Å²) in [6.07, 6.45) is 55.7. The van der Waals surface area contributed by atoms with Crippen LogP contribution in [-0.4, -0.2) is 37.2 Å². The van der Waals surface area contributed by atoms with Crippen LogP contribution in [0.3, 0.4) is 0 Å². The molecule has 0 saturated carbocycles. The minimum atomic E-state index is -0.796. The molecule has 0 aliphatic carbocycles. The molecule has 56 heavy (non-hydrogen) atoms. The number of allylic oxidation sites excluding steroid dienone is 14. The van der Waals surface area contributed by atoms with Crippen LogP contribution in [0.1, 0.15) is 194 Å². The maximum Gasteiger partial charge on any atom is 0.306 e. The summed E-state index contributed by atoms with van der Waals surface area (Å²) in [5.41, 5.74) is 0. The van der Waals surface area contributed by atoms with E-state index in [0.717, 1.165) is 96.3 Å². The predicted molar refractivity (Wildman–Crippen MR) is 237 cm³/mol. The van der Waals surface area contributed by atoms with E-state index >= 15 is 0 Å². The monoisotopic (exact) mass is 779 g/mol. The molecule has 1 unspecified atom stereocenters. The summed E-state index contributed by atoms with van der Waals surface area (Å²) in [5.74, 6) is -0.968. The van der Waals surface area contributed by atoms with Gasteiger partial charge in [-0.1, -0.05) is 196 Å². The first-order valence-corrected chi connectivity index (χ1v) is 22.7. The van der Waals surface area contributed by atoms with Crippen molar-refractivity contribution in [2.45, 2.75) is 200 Å². The van der Waals surface area contributed by atoms with E-state index in [9.17, 15) is 14.4 Å². The molecule has 0 aliphatic rings. The lowest BCUT2D eigenvalue weighted by molar-refractivity contribution is -0.167. The Labute approximate surface area is 344 Å². The van der Waals surface area contributed by atoms with Crippen LogP contribution in [0.15, 0.2) is 85.1 Å². The third-order valence-corrected chi connectivity index (χ3v) is 9.24. The van der Waals surface area contributed by atoms with Gasteiger partial charge >= 0.3 is 17.9 Å². The zero-order valence-electron chi connectivity index (χ0n) is 36.1. The molecule has 0 aromatic rings. The molecule has 1 atom stereocenters. The summed E-state index contributed by atoms with van der Waals surface area (Å²) in [7, 11) is 0. The molecule has 318 valence electrons.